The van der Waals surface area contributed by atoms with Gasteiger partial charge in [-0.2, -0.15) is 0 Å². The average molecular weight is 386 g/mol. The zero-order valence-electron chi connectivity index (χ0n) is 14.6. The molecular weight excluding hydrogens is 366 g/mol. The molecule has 0 aliphatic carbocycles. The molecule has 1 unspecified atom stereocenters. The highest BCUT2D eigenvalue weighted by Crippen LogP contribution is 2.18. The van der Waals surface area contributed by atoms with Gasteiger partial charge in [0.15, 0.2) is 0 Å². The van der Waals surface area contributed by atoms with Gasteiger partial charge in [-0.3, -0.25) is 4.79 Å². The van der Waals surface area contributed by atoms with E-state index in [1.54, 1.807) is 12.1 Å². The van der Waals surface area contributed by atoms with Gasteiger partial charge in [0.25, 0.3) is 0 Å². The van der Waals surface area contributed by atoms with E-state index in [2.05, 4.69) is 5.32 Å². The van der Waals surface area contributed by atoms with Crippen LogP contribution in [0.15, 0.2) is 71.3 Å². The van der Waals surface area contributed by atoms with Crippen molar-refractivity contribution in [1.82, 2.24) is 5.32 Å². The van der Waals surface area contributed by atoms with Gasteiger partial charge >= 0.3 is 0 Å². The first-order valence-electron chi connectivity index (χ1n) is 8.54. The molecule has 0 spiro atoms. The first kappa shape index (κ1) is 19.0. The number of nitrogens with one attached hydrogen (secondary N) is 1. The average Bonchev–Trinajstić information content (AvgIpc) is 3.20. The van der Waals surface area contributed by atoms with Gasteiger partial charge in [0, 0.05) is 5.02 Å². The van der Waals surface area contributed by atoms with E-state index in [0.29, 0.717) is 23.1 Å². The van der Waals surface area contributed by atoms with Crippen molar-refractivity contribution in [3.63, 3.8) is 0 Å². The van der Waals surface area contributed by atoms with Crippen LogP contribution in [0.4, 0.5) is 0 Å². The highest BCUT2D eigenvalue weighted by atomic mass is 35.5. The fourth-order valence-electron chi connectivity index (χ4n) is 2.62. The minimum atomic E-state index is -0.558. The third kappa shape index (κ3) is 5.61. The third-order valence-corrected chi connectivity index (χ3v) is 4.24. The van der Waals surface area contributed by atoms with E-state index in [1.165, 1.54) is 6.26 Å². The lowest BCUT2D eigenvalue weighted by Crippen LogP contribution is -2.31. The number of benzene rings is 2. The molecule has 27 heavy (non-hydrogen) atoms. The van der Waals surface area contributed by atoms with Crippen molar-refractivity contribution >= 4 is 17.5 Å². The Hall–Kier alpha value is -2.76. The molecule has 2 aromatic carbocycles. The molecular formula is C21H20ClNO4. The zero-order valence-corrected chi connectivity index (χ0v) is 15.4. The number of carbonyl (C=O) groups is 1. The van der Waals surface area contributed by atoms with E-state index in [9.17, 15) is 9.90 Å². The molecule has 1 aromatic heterocycles. The van der Waals surface area contributed by atoms with Gasteiger partial charge in [0.2, 0.25) is 5.91 Å². The predicted molar refractivity (Wildman–Crippen MR) is 103 cm³/mol. The van der Waals surface area contributed by atoms with Crippen LogP contribution >= 0.6 is 11.6 Å². The summed E-state index contributed by atoms with van der Waals surface area (Å²) in [7, 11) is 0. The monoisotopic (exact) mass is 385 g/mol. The molecule has 1 atom stereocenters. The number of carbonyl (C=O) groups excluding carboxylic acids is 1. The maximum atomic E-state index is 12.3. The molecule has 140 valence electrons. The fourth-order valence-corrected chi connectivity index (χ4v) is 2.75. The van der Waals surface area contributed by atoms with Gasteiger partial charge in [0.1, 0.15) is 24.2 Å². The summed E-state index contributed by atoms with van der Waals surface area (Å²) in [6, 6.07) is 17.7. The van der Waals surface area contributed by atoms with Crippen molar-refractivity contribution in [2.24, 2.45) is 0 Å². The Morgan fingerprint density at radius 3 is 2.63 bits per heavy atom. The van der Waals surface area contributed by atoms with E-state index in [-0.39, 0.29) is 18.9 Å². The Morgan fingerprint density at radius 1 is 1.11 bits per heavy atom. The van der Waals surface area contributed by atoms with Crippen LogP contribution in [0.2, 0.25) is 5.02 Å². The largest absolute Gasteiger partial charge is 0.489 e. The van der Waals surface area contributed by atoms with Crippen LogP contribution in [0.5, 0.6) is 5.75 Å². The Morgan fingerprint density at radius 2 is 1.93 bits per heavy atom. The van der Waals surface area contributed by atoms with Crippen molar-refractivity contribution in [3.8, 4) is 5.75 Å². The molecule has 1 heterocycles. The number of ether oxygens (including phenoxy) is 1. The fraction of sp³-hybridized carbons (Fsp3) is 0.190. The first-order valence-corrected chi connectivity index (χ1v) is 8.91. The van der Waals surface area contributed by atoms with Crippen molar-refractivity contribution < 1.29 is 19.1 Å². The molecule has 0 radical (unpaired) electrons. The van der Waals surface area contributed by atoms with Crippen LogP contribution in [-0.4, -0.2) is 17.6 Å². The third-order valence-electron chi connectivity index (χ3n) is 3.99. The number of furan rings is 1. The van der Waals surface area contributed by atoms with Crippen LogP contribution in [0.1, 0.15) is 22.9 Å². The van der Waals surface area contributed by atoms with Crippen LogP contribution in [-0.2, 0) is 17.8 Å². The highest BCUT2D eigenvalue weighted by Gasteiger charge is 2.16. The highest BCUT2D eigenvalue weighted by molar-refractivity contribution is 6.30. The maximum absolute atomic E-state index is 12.3. The van der Waals surface area contributed by atoms with Crippen molar-refractivity contribution in [3.05, 3.63) is 88.8 Å². The molecule has 0 aliphatic rings. The number of aliphatic hydroxyl groups excluding tert-OH is 1. The Bertz CT molecular complexity index is 862. The minimum Gasteiger partial charge on any atom is -0.489 e. The topological polar surface area (TPSA) is 71.7 Å². The second-order valence-corrected chi connectivity index (χ2v) is 6.49. The van der Waals surface area contributed by atoms with E-state index in [0.717, 1.165) is 11.1 Å². The molecule has 0 bridgehead atoms. The summed E-state index contributed by atoms with van der Waals surface area (Å²) in [6.07, 6.45) is 1.68. The van der Waals surface area contributed by atoms with Gasteiger partial charge in [-0.25, -0.2) is 0 Å². The number of rotatable bonds is 8. The van der Waals surface area contributed by atoms with Crippen LogP contribution in [0, 0.1) is 0 Å². The summed E-state index contributed by atoms with van der Waals surface area (Å²) in [5.41, 5.74) is 1.82. The standard InChI is InChI=1S/C21H20ClNO4/c22-17-8-6-15(7-9-17)14-27-18-4-1-3-16(11-18)12-21(25)23-19(13-24)20-5-2-10-26-20/h1-11,19,24H,12-14H2,(H,23,25). The Balaban J connectivity index is 1.56. The van der Waals surface area contributed by atoms with E-state index < -0.39 is 6.04 Å². The van der Waals surface area contributed by atoms with Crippen LogP contribution in [0.25, 0.3) is 0 Å². The summed E-state index contributed by atoms with van der Waals surface area (Å²) in [4.78, 5) is 12.3. The van der Waals surface area contributed by atoms with Gasteiger partial charge in [-0.1, -0.05) is 35.9 Å². The van der Waals surface area contributed by atoms with Gasteiger partial charge in [0.05, 0.1) is 19.3 Å². The Labute approximate surface area is 162 Å². The number of amides is 1. The summed E-state index contributed by atoms with van der Waals surface area (Å²) < 4.78 is 11.0. The normalized spacial score (nSPS) is 11.8. The summed E-state index contributed by atoms with van der Waals surface area (Å²) >= 11 is 5.88. The van der Waals surface area contributed by atoms with Gasteiger partial charge in [-0.15, -0.1) is 0 Å². The molecule has 3 aromatic rings. The van der Waals surface area contributed by atoms with E-state index in [1.807, 2.05) is 48.5 Å². The molecule has 0 aliphatic heterocycles. The molecule has 0 saturated carbocycles. The quantitative estimate of drug-likeness (QED) is 0.616. The lowest BCUT2D eigenvalue weighted by Gasteiger charge is -2.14. The number of halogens is 1. The number of hydrogen-bond acceptors (Lipinski definition) is 4. The van der Waals surface area contributed by atoms with E-state index >= 15 is 0 Å². The molecule has 1 amide bonds. The van der Waals surface area contributed by atoms with Gasteiger partial charge in [-0.05, 0) is 47.5 Å². The summed E-state index contributed by atoms with van der Waals surface area (Å²) in [6.45, 7) is 0.182. The molecule has 2 N–H and O–H groups in total. The van der Waals surface area contributed by atoms with Crippen molar-refractivity contribution in [2.75, 3.05) is 6.61 Å². The van der Waals surface area contributed by atoms with E-state index in [4.69, 9.17) is 20.8 Å². The second kappa shape index (κ2) is 9.26. The van der Waals surface area contributed by atoms with Crippen LogP contribution < -0.4 is 10.1 Å². The molecule has 5 nitrogen and oxygen atoms in total. The molecule has 0 fully saturated rings. The second-order valence-electron chi connectivity index (χ2n) is 6.06. The smallest absolute Gasteiger partial charge is 0.225 e. The summed E-state index contributed by atoms with van der Waals surface area (Å²) in [5.74, 6) is 0.992. The lowest BCUT2D eigenvalue weighted by atomic mass is 10.1. The predicted octanol–water partition coefficient (Wildman–Crippen LogP) is 3.90. The minimum absolute atomic E-state index is 0.176. The summed E-state index contributed by atoms with van der Waals surface area (Å²) in [5, 5.41) is 12.9. The zero-order chi connectivity index (χ0) is 19.1. The first-order chi connectivity index (χ1) is 13.1. The lowest BCUT2D eigenvalue weighted by molar-refractivity contribution is -0.121. The maximum Gasteiger partial charge on any atom is 0.225 e. The van der Waals surface area contributed by atoms with Crippen molar-refractivity contribution in [1.29, 1.82) is 0 Å². The van der Waals surface area contributed by atoms with Crippen LogP contribution in [0.3, 0.4) is 0 Å². The number of aliphatic hydroxyl groups is 1. The molecule has 0 saturated heterocycles. The Kier molecular flexibility index (Phi) is 6.52. The molecule has 6 heteroatoms. The SMILES string of the molecule is O=C(Cc1cccc(OCc2ccc(Cl)cc2)c1)NC(CO)c1ccco1. The van der Waals surface area contributed by atoms with Gasteiger partial charge < -0.3 is 19.6 Å². The number of hydrogen-bond donors (Lipinski definition) is 2. The molecule has 3 rings (SSSR count). The van der Waals surface area contributed by atoms with Crippen molar-refractivity contribution in [2.45, 2.75) is 19.1 Å².